The second-order valence-electron chi connectivity index (χ2n) is 11.1. The fourth-order valence-corrected chi connectivity index (χ4v) is 5.90. The Kier molecular flexibility index (Phi) is 8.53. The van der Waals surface area contributed by atoms with Crippen molar-refractivity contribution in [2.24, 2.45) is 5.92 Å². The third-order valence-corrected chi connectivity index (χ3v) is 8.19. The van der Waals surface area contributed by atoms with Gasteiger partial charge in [-0.05, 0) is 63.7 Å². The van der Waals surface area contributed by atoms with Crippen LogP contribution in [0.25, 0.3) is 0 Å². The van der Waals surface area contributed by atoms with Crippen molar-refractivity contribution in [3.63, 3.8) is 0 Å². The number of nitrogens with zero attached hydrogens (tertiary/aromatic N) is 4. The molecule has 2 saturated heterocycles. The van der Waals surface area contributed by atoms with Crippen LogP contribution in [0.5, 0.6) is 0 Å². The highest BCUT2D eigenvalue weighted by molar-refractivity contribution is 7.80. The molecule has 0 bridgehead atoms. The molecule has 1 aromatic rings. The lowest BCUT2D eigenvalue weighted by molar-refractivity contribution is -0.136. The lowest BCUT2D eigenvalue weighted by Crippen LogP contribution is -2.49. The first-order valence-corrected chi connectivity index (χ1v) is 14.0. The number of benzene rings is 1. The van der Waals surface area contributed by atoms with Gasteiger partial charge in [0, 0.05) is 44.2 Å². The van der Waals surface area contributed by atoms with Gasteiger partial charge >= 0.3 is 5.97 Å². The van der Waals surface area contributed by atoms with E-state index < -0.39 is 5.54 Å². The lowest BCUT2D eigenvalue weighted by atomic mass is 10.0. The lowest BCUT2D eigenvalue weighted by Gasteiger charge is -2.35. The summed E-state index contributed by atoms with van der Waals surface area (Å²) in [6, 6.07) is 5.33. The summed E-state index contributed by atoms with van der Waals surface area (Å²) in [5.41, 5.74) is 1.33. The molecule has 3 aliphatic heterocycles. The van der Waals surface area contributed by atoms with Crippen LogP contribution in [0, 0.1) is 5.92 Å². The summed E-state index contributed by atoms with van der Waals surface area (Å²) >= 11 is 5.75. The molecule has 8 nitrogen and oxygen atoms in total. The number of hydrogen-bond donors (Lipinski definition) is 0. The zero-order valence-corrected chi connectivity index (χ0v) is 23.4. The number of anilines is 1. The average molecular weight is 529 g/mol. The van der Waals surface area contributed by atoms with Gasteiger partial charge in [-0.2, -0.15) is 0 Å². The van der Waals surface area contributed by atoms with Gasteiger partial charge in [-0.3, -0.25) is 19.4 Å². The summed E-state index contributed by atoms with van der Waals surface area (Å²) in [5.74, 6) is -0.0184. The molecule has 3 aliphatic rings. The van der Waals surface area contributed by atoms with Crippen LogP contribution in [0.15, 0.2) is 18.2 Å². The largest absolute Gasteiger partial charge is 0.457 e. The Bertz CT molecular complexity index is 1050. The van der Waals surface area contributed by atoms with Crippen LogP contribution in [0.3, 0.4) is 0 Å². The summed E-state index contributed by atoms with van der Waals surface area (Å²) in [4.78, 5) is 45.3. The van der Waals surface area contributed by atoms with Crippen molar-refractivity contribution in [1.29, 1.82) is 0 Å². The number of cyclic esters (lactones) is 1. The maximum atomic E-state index is 13.3. The summed E-state index contributed by atoms with van der Waals surface area (Å²) in [6.07, 6.45) is 5.58. The summed E-state index contributed by atoms with van der Waals surface area (Å²) < 4.78 is 5.10. The number of carbonyl (C=O) groups excluding carboxylic acids is 3. The van der Waals surface area contributed by atoms with Gasteiger partial charge in [0.1, 0.15) is 12.1 Å². The number of unbranched alkanes of at least 4 members (excludes halogenated alkanes) is 4. The Balaban J connectivity index is 1.18. The van der Waals surface area contributed by atoms with Gasteiger partial charge in [0.25, 0.3) is 5.91 Å². The first kappa shape index (κ1) is 27.5. The van der Waals surface area contributed by atoms with Crippen LogP contribution >= 0.6 is 12.2 Å². The molecular weight excluding hydrogens is 488 g/mol. The number of esters is 1. The SMILES string of the molecule is CC(C)C(=O)N1CCN(CCCCCCCN2C(=S)N(c3ccc4c(c3)COC4=O)C(=O)C2(C)C)CC1. The number of carbonyl (C=O) groups is 3. The van der Waals surface area contributed by atoms with Gasteiger partial charge in [-0.1, -0.05) is 33.1 Å². The van der Waals surface area contributed by atoms with Crippen molar-refractivity contribution in [3.05, 3.63) is 29.3 Å². The molecule has 9 heteroatoms. The zero-order chi connectivity index (χ0) is 26.7. The monoisotopic (exact) mass is 528 g/mol. The molecular formula is C28H40N4O4S. The molecule has 202 valence electrons. The van der Waals surface area contributed by atoms with E-state index in [0.29, 0.717) is 16.4 Å². The van der Waals surface area contributed by atoms with Crippen LogP contribution in [0.1, 0.15) is 75.7 Å². The number of ether oxygens (including phenoxy) is 1. The highest BCUT2D eigenvalue weighted by atomic mass is 32.1. The number of piperazine rings is 1. The Morgan fingerprint density at radius 3 is 2.32 bits per heavy atom. The maximum Gasteiger partial charge on any atom is 0.338 e. The van der Waals surface area contributed by atoms with E-state index in [0.717, 1.165) is 64.1 Å². The number of rotatable bonds is 10. The van der Waals surface area contributed by atoms with E-state index in [1.165, 1.54) is 12.8 Å². The molecule has 0 saturated carbocycles. The summed E-state index contributed by atoms with van der Waals surface area (Å²) in [6.45, 7) is 13.5. The molecule has 2 fully saturated rings. The molecule has 37 heavy (non-hydrogen) atoms. The van der Waals surface area contributed by atoms with E-state index >= 15 is 0 Å². The molecule has 0 radical (unpaired) electrons. The average Bonchev–Trinajstić information content (AvgIpc) is 3.32. The fourth-order valence-electron chi connectivity index (χ4n) is 5.39. The second-order valence-corrected chi connectivity index (χ2v) is 11.5. The van der Waals surface area contributed by atoms with Crippen molar-refractivity contribution in [3.8, 4) is 0 Å². The minimum absolute atomic E-state index is 0.0436. The minimum atomic E-state index is -0.707. The molecule has 1 aromatic carbocycles. The van der Waals surface area contributed by atoms with Gasteiger partial charge in [0.15, 0.2) is 5.11 Å². The fraction of sp³-hybridized carbons (Fsp3) is 0.643. The maximum absolute atomic E-state index is 13.3. The first-order chi connectivity index (χ1) is 17.6. The quantitative estimate of drug-likeness (QED) is 0.260. The van der Waals surface area contributed by atoms with E-state index in [1.54, 1.807) is 17.0 Å². The van der Waals surface area contributed by atoms with Crippen molar-refractivity contribution in [2.75, 3.05) is 44.2 Å². The van der Waals surface area contributed by atoms with E-state index in [-0.39, 0.29) is 30.3 Å². The van der Waals surface area contributed by atoms with Gasteiger partial charge in [-0.15, -0.1) is 0 Å². The molecule has 0 aliphatic carbocycles. The van der Waals surface area contributed by atoms with Crippen LogP contribution < -0.4 is 4.90 Å². The topological polar surface area (TPSA) is 73.4 Å². The number of thiocarbonyl (C=S) groups is 1. The Morgan fingerprint density at radius 1 is 1.00 bits per heavy atom. The van der Waals surface area contributed by atoms with Gasteiger partial charge in [-0.25, -0.2) is 4.79 Å². The van der Waals surface area contributed by atoms with E-state index in [9.17, 15) is 14.4 Å². The standard InChI is InChI=1S/C28H40N4O4S/c1-20(2)24(33)30-16-14-29(15-17-30)12-8-6-5-7-9-13-31-27(37)32(26(35)28(31,3)4)22-10-11-23-21(18-22)19-36-25(23)34/h10-11,18,20H,5-9,12-17,19H2,1-4H3. The van der Waals surface area contributed by atoms with Crippen molar-refractivity contribution >= 4 is 40.8 Å². The number of hydrogen-bond acceptors (Lipinski definition) is 6. The van der Waals surface area contributed by atoms with Crippen molar-refractivity contribution < 1.29 is 19.1 Å². The molecule has 0 spiro atoms. The normalized spacial score (nSPS) is 19.7. The Hall–Kier alpha value is -2.52. The van der Waals surface area contributed by atoms with Gasteiger partial charge in [0.2, 0.25) is 5.91 Å². The predicted octanol–water partition coefficient (Wildman–Crippen LogP) is 3.82. The summed E-state index contributed by atoms with van der Waals surface area (Å²) in [7, 11) is 0. The van der Waals surface area contributed by atoms with Crippen LogP contribution in [0.2, 0.25) is 0 Å². The van der Waals surface area contributed by atoms with E-state index in [1.807, 2.05) is 43.6 Å². The highest BCUT2D eigenvalue weighted by Crippen LogP contribution is 2.34. The Morgan fingerprint density at radius 2 is 1.65 bits per heavy atom. The first-order valence-electron chi connectivity index (χ1n) is 13.6. The molecule has 0 atom stereocenters. The van der Waals surface area contributed by atoms with Gasteiger partial charge < -0.3 is 14.5 Å². The third kappa shape index (κ3) is 5.82. The molecule has 0 aromatic heterocycles. The van der Waals surface area contributed by atoms with Crippen LogP contribution in [-0.4, -0.2) is 82.4 Å². The number of amides is 2. The molecule has 4 rings (SSSR count). The number of fused-ring (bicyclic) bond motifs is 1. The molecule has 3 heterocycles. The third-order valence-electron chi connectivity index (χ3n) is 7.78. The minimum Gasteiger partial charge on any atom is -0.457 e. The molecule has 2 amide bonds. The van der Waals surface area contributed by atoms with Gasteiger partial charge in [0.05, 0.1) is 11.3 Å². The molecule has 0 unspecified atom stereocenters. The summed E-state index contributed by atoms with van der Waals surface area (Å²) in [5, 5.41) is 0.523. The van der Waals surface area contributed by atoms with Crippen molar-refractivity contribution in [2.45, 2.75) is 71.9 Å². The second kappa shape index (κ2) is 11.5. The van der Waals surface area contributed by atoms with E-state index in [4.69, 9.17) is 17.0 Å². The van der Waals surface area contributed by atoms with E-state index in [2.05, 4.69) is 4.90 Å². The smallest absolute Gasteiger partial charge is 0.338 e. The highest BCUT2D eigenvalue weighted by Gasteiger charge is 2.49. The zero-order valence-electron chi connectivity index (χ0n) is 22.6. The van der Waals surface area contributed by atoms with Crippen LogP contribution in [-0.2, 0) is 20.9 Å². The predicted molar refractivity (Wildman–Crippen MR) is 147 cm³/mol. The Labute approximate surface area is 225 Å². The molecule has 0 N–H and O–H groups in total. The van der Waals surface area contributed by atoms with Crippen molar-refractivity contribution in [1.82, 2.24) is 14.7 Å². The van der Waals surface area contributed by atoms with Crippen LogP contribution in [0.4, 0.5) is 5.69 Å².